The van der Waals surface area contributed by atoms with Crippen molar-refractivity contribution >= 4 is 12.0 Å². The Kier molecular flexibility index (Phi) is 3.90. The van der Waals surface area contributed by atoms with Gasteiger partial charge in [0.15, 0.2) is 11.6 Å². The van der Waals surface area contributed by atoms with Gasteiger partial charge in [0.2, 0.25) is 0 Å². The fraction of sp³-hybridized carbons (Fsp3) is 0.222. The van der Waals surface area contributed by atoms with Crippen LogP contribution < -0.4 is 15.5 Å². The number of hydrogen-bond acceptors (Lipinski definition) is 5. The molecule has 1 aromatic carbocycles. The molecule has 0 aliphatic heterocycles. The van der Waals surface area contributed by atoms with Crippen LogP contribution in [0.15, 0.2) is 17.4 Å². The highest BCUT2D eigenvalue weighted by Gasteiger charge is 2.16. The summed E-state index contributed by atoms with van der Waals surface area (Å²) in [6.07, 6.45) is 0.799. The minimum absolute atomic E-state index is 0.0686. The van der Waals surface area contributed by atoms with Gasteiger partial charge in [0.25, 0.3) is 0 Å². The number of methoxy groups -OCH3 is 1. The van der Waals surface area contributed by atoms with E-state index in [0.29, 0.717) is 0 Å². The molecule has 0 bridgehead atoms. The molecule has 0 radical (unpaired) electrons. The molecule has 6 nitrogen and oxygen atoms in total. The first kappa shape index (κ1) is 12.1. The maximum atomic E-state index is 13.8. The van der Waals surface area contributed by atoms with Crippen LogP contribution in [0.3, 0.4) is 0 Å². The summed E-state index contributed by atoms with van der Waals surface area (Å²) in [7, 11) is 1.35. The second kappa shape index (κ2) is 5.17. The van der Waals surface area contributed by atoms with E-state index in [2.05, 4.69) is 5.22 Å². The van der Waals surface area contributed by atoms with Gasteiger partial charge in [0, 0.05) is 12.1 Å². The maximum Gasteiger partial charge on any atom is 0.171 e. The molecule has 0 atom stereocenters. The topological polar surface area (TPSA) is 98.5 Å². The summed E-state index contributed by atoms with van der Waals surface area (Å²) in [6.45, 7) is -0.0712. The van der Waals surface area contributed by atoms with E-state index < -0.39 is 5.82 Å². The molecule has 0 heterocycles. The van der Waals surface area contributed by atoms with Crippen molar-refractivity contribution in [3.05, 3.63) is 23.5 Å². The molecule has 0 saturated carbocycles. The molecule has 0 unspecified atom stereocenters. The normalized spacial score (nSPS) is 9.69. The first-order valence-corrected chi connectivity index (χ1v) is 4.42. The lowest BCUT2D eigenvalue weighted by Crippen LogP contribution is -2.16. The Bertz CT molecular complexity index is 401. The highest BCUT2D eigenvalue weighted by Crippen LogP contribution is 2.29. The van der Waals surface area contributed by atoms with Crippen molar-refractivity contribution in [1.29, 1.82) is 10.9 Å². The largest absolute Gasteiger partial charge is 0.494 e. The summed E-state index contributed by atoms with van der Waals surface area (Å²) in [6, 6.07) is 2.89. The molecule has 1 aromatic rings. The van der Waals surface area contributed by atoms with E-state index in [1.807, 2.05) is 0 Å². The number of benzene rings is 1. The summed E-state index contributed by atoms with van der Waals surface area (Å²) in [5.41, 5.74) is 12.7. The number of nitrogens with zero attached hydrogens (tertiary/aromatic N) is 2. The monoisotopic (exact) mass is 225 g/mol. The molecule has 0 saturated heterocycles. The number of halogens is 1. The Balaban J connectivity index is 3.35. The Morgan fingerprint density at radius 3 is 2.75 bits per heavy atom. The smallest absolute Gasteiger partial charge is 0.171 e. The summed E-state index contributed by atoms with van der Waals surface area (Å²) in [5.74, 6) is -0.530. The van der Waals surface area contributed by atoms with Gasteiger partial charge < -0.3 is 10.5 Å². The molecule has 0 aliphatic carbocycles. The Morgan fingerprint density at radius 2 is 2.31 bits per heavy atom. The zero-order chi connectivity index (χ0) is 12.1. The van der Waals surface area contributed by atoms with E-state index in [1.54, 1.807) is 0 Å². The molecule has 0 spiro atoms. The number of rotatable bonds is 5. The average molecular weight is 225 g/mol. The summed E-state index contributed by atoms with van der Waals surface area (Å²) in [4.78, 5) is 0. The number of nitrogens with one attached hydrogen (secondary N) is 2. The maximum absolute atomic E-state index is 13.8. The van der Waals surface area contributed by atoms with E-state index in [-0.39, 0.29) is 23.5 Å². The van der Waals surface area contributed by atoms with Crippen LogP contribution >= 0.6 is 0 Å². The van der Waals surface area contributed by atoms with Gasteiger partial charge in [-0.3, -0.25) is 5.41 Å². The highest BCUT2D eigenvalue weighted by molar-refractivity contribution is 5.78. The average Bonchev–Trinajstić information content (AvgIpc) is 2.31. The van der Waals surface area contributed by atoms with Crippen LogP contribution in [0, 0.1) is 16.8 Å². The zero-order valence-corrected chi connectivity index (χ0v) is 8.70. The van der Waals surface area contributed by atoms with Gasteiger partial charge in [-0.1, -0.05) is 5.22 Å². The predicted molar refractivity (Wildman–Crippen MR) is 57.3 cm³/mol. The van der Waals surface area contributed by atoms with E-state index in [1.165, 1.54) is 19.2 Å². The minimum atomic E-state index is -0.599. The van der Waals surface area contributed by atoms with Crippen molar-refractivity contribution in [3.63, 3.8) is 0 Å². The molecule has 0 amide bonds. The van der Waals surface area contributed by atoms with E-state index in [0.717, 1.165) is 11.3 Å². The molecule has 0 aromatic heterocycles. The van der Waals surface area contributed by atoms with E-state index in [4.69, 9.17) is 21.4 Å². The van der Waals surface area contributed by atoms with Gasteiger partial charge in [0.1, 0.15) is 6.34 Å². The second-order valence-corrected chi connectivity index (χ2v) is 2.86. The standard InChI is InChI=1S/C9H12FN5O/c1-16-8-3-2-7(15(5-12)14-13)6(4-11)9(8)10/h2-3,5,12-13H,4,11H2,1H3. The Labute approximate surface area is 91.8 Å². The van der Waals surface area contributed by atoms with Crippen LogP contribution in [0.2, 0.25) is 0 Å². The molecule has 1 rings (SSSR count). The van der Waals surface area contributed by atoms with Crippen molar-refractivity contribution in [2.45, 2.75) is 6.54 Å². The predicted octanol–water partition coefficient (Wildman–Crippen LogP) is 1.65. The molecule has 16 heavy (non-hydrogen) atoms. The third-order valence-corrected chi connectivity index (χ3v) is 2.08. The molecule has 0 aliphatic rings. The fourth-order valence-corrected chi connectivity index (χ4v) is 1.31. The molecular formula is C9H12FN5O. The van der Waals surface area contributed by atoms with Gasteiger partial charge in [-0.25, -0.2) is 9.40 Å². The van der Waals surface area contributed by atoms with Gasteiger partial charge in [0.05, 0.1) is 12.8 Å². The molecule has 86 valence electrons. The van der Waals surface area contributed by atoms with Crippen LogP contribution in [0.1, 0.15) is 5.56 Å². The van der Waals surface area contributed by atoms with Crippen LogP contribution in [0.25, 0.3) is 0 Å². The third kappa shape index (κ3) is 1.98. The zero-order valence-electron chi connectivity index (χ0n) is 8.70. The van der Waals surface area contributed by atoms with Crippen molar-refractivity contribution < 1.29 is 9.13 Å². The molecule has 0 fully saturated rings. The molecule has 7 heteroatoms. The van der Waals surface area contributed by atoms with Crippen molar-refractivity contribution in [3.8, 4) is 5.75 Å². The summed E-state index contributed by atoms with van der Waals surface area (Å²) in [5, 5.41) is 11.0. The van der Waals surface area contributed by atoms with Crippen LogP contribution in [-0.4, -0.2) is 13.4 Å². The van der Waals surface area contributed by atoms with Gasteiger partial charge in [-0.2, -0.15) is 5.53 Å². The lowest BCUT2D eigenvalue weighted by atomic mass is 10.1. The van der Waals surface area contributed by atoms with Gasteiger partial charge >= 0.3 is 0 Å². The van der Waals surface area contributed by atoms with Crippen molar-refractivity contribution in [2.75, 3.05) is 12.1 Å². The van der Waals surface area contributed by atoms with E-state index >= 15 is 0 Å². The van der Waals surface area contributed by atoms with E-state index in [9.17, 15) is 4.39 Å². The Hall–Kier alpha value is -2.02. The SMILES string of the molecule is COc1ccc(N(C=N)N=N)c(CN)c1F. The van der Waals surface area contributed by atoms with Crippen LogP contribution in [0.5, 0.6) is 5.75 Å². The summed E-state index contributed by atoms with van der Waals surface area (Å²) < 4.78 is 18.6. The Morgan fingerprint density at radius 1 is 1.62 bits per heavy atom. The molecule has 4 N–H and O–H groups in total. The number of ether oxygens (including phenoxy) is 1. The number of hydrogen-bond donors (Lipinski definition) is 3. The van der Waals surface area contributed by atoms with Gasteiger partial charge in [-0.05, 0) is 12.1 Å². The van der Waals surface area contributed by atoms with Crippen molar-refractivity contribution in [2.24, 2.45) is 11.0 Å². The number of nitrogens with two attached hydrogens (primary N) is 1. The number of anilines is 1. The first-order valence-electron chi connectivity index (χ1n) is 4.42. The summed E-state index contributed by atoms with van der Waals surface area (Å²) >= 11 is 0. The first-order chi connectivity index (χ1) is 7.69. The lowest BCUT2D eigenvalue weighted by Gasteiger charge is -2.16. The highest BCUT2D eigenvalue weighted by atomic mass is 19.1. The minimum Gasteiger partial charge on any atom is -0.494 e. The van der Waals surface area contributed by atoms with Crippen LogP contribution in [0.4, 0.5) is 10.1 Å². The fourth-order valence-electron chi connectivity index (χ4n) is 1.31. The molecular weight excluding hydrogens is 213 g/mol. The van der Waals surface area contributed by atoms with Crippen LogP contribution in [-0.2, 0) is 6.54 Å². The second-order valence-electron chi connectivity index (χ2n) is 2.86. The van der Waals surface area contributed by atoms with Gasteiger partial charge in [-0.15, -0.1) is 0 Å². The quantitative estimate of drug-likeness (QED) is 0.307. The van der Waals surface area contributed by atoms with Crippen molar-refractivity contribution in [1.82, 2.24) is 0 Å². The third-order valence-electron chi connectivity index (χ3n) is 2.08. The lowest BCUT2D eigenvalue weighted by molar-refractivity contribution is 0.384.